The van der Waals surface area contributed by atoms with Crippen LogP contribution in [0.5, 0.6) is 11.5 Å². The fourth-order valence-corrected chi connectivity index (χ4v) is 5.57. The SMILES string of the molecule is CC1(C)c2ccccc2Oc2ccc(-n3c4ccccc4c4ccc5ccccc5c43)cc21. The van der Waals surface area contributed by atoms with E-state index in [1.165, 1.54) is 43.7 Å². The van der Waals surface area contributed by atoms with Gasteiger partial charge in [-0.3, -0.25) is 0 Å². The molecule has 1 aromatic heterocycles. The maximum Gasteiger partial charge on any atom is 0.131 e. The van der Waals surface area contributed by atoms with Gasteiger partial charge in [-0.1, -0.05) is 86.6 Å². The number of fused-ring (bicyclic) bond motifs is 7. The van der Waals surface area contributed by atoms with Crippen LogP contribution in [-0.2, 0) is 5.41 Å². The van der Waals surface area contributed by atoms with Crippen molar-refractivity contribution in [2.24, 2.45) is 0 Å². The number of para-hydroxylation sites is 2. The number of hydrogen-bond donors (Lipinski definition) is 0. The lowest BCUT2D eigenvalue weighted by atomic mass is 9.75. The summed E-state index contributed by atoms with van der Waals surface area (Å²) in [4.78, 5) is 0. The fraction of sp³-hybridized carbons (Fsp3) is 0.0968. The van der Waals surface area contributed by atoms with E-state index in [1.54, 1.807) is 0 Å². The molecule has 0 N–H and O–H groups in total. The summed E-state index contributed by atoms with van der Waals surface area (Å²) in [6, 6.07) is 36.9. The quantitative estimate of drug-likeness (QED) is 0.258. The molecule has 2 heteroatoms. The van der Waals surface area contributed by atoms with Gasteiger partial charge in [0.05, 0.1) is 11.0 Å². The lowest BCUT2D eigenvalue weighted by Crippen LogP contribution is -2.24. The van der Waals surface area contributed by atoms with E-state index in [0.717, 1.165) is 17.2 Å². The molecule has 1 aliphatic heterocycles. The summed E-state index contributed by atoms with van der Waals surface area (Å²) in [6.45, 7) is 4.58. The molecular weight excluding hydrogens is 402 g/mol. The van der Waals surface area contributed by atoms with E-state index in [4.69, 9.17) is 4.74 Å². The Balaban J connectivity index is 1.57. The van der Waals surface area contributed by atoms with Crippen LogP contribution in [0, 0.1) is 0 Å². The maximum atomic E-state index is 6.32. The van der Waals surface area contributed by atoms with Crippen molar-refractivity contribution in [1.29, 1.82) is 0 Å². The molecule has 0 saturated heterocycles. The normalized spacial score (nSPS) is 14.2. The summed E-state index contributed by atoms with van der Waals surface area (Å²) in [5, 5.41) is 5.08. The van der Waals surface area contributed by atoms with Crippen LogP contribution in [0.4, 0.5) is 0 Å². The van der Waals surface area contributed by atoms with E-state index in [0.29, 0.717) is 0 Å². The zero-order valence-corrected chi connectivity index (χ0v) is 18.7. The second kappa shape index (κ2) is 6.49. The largest absolute Gasteiger partial charge is 0.457 e. The van der Waals surface area contributed by atoms with E-state index < -0.39 is 0 Å². The molecule has 158 valence electrons. The monoisotopic (exact) mass is 425 g/mol. The minimum atomic E-state index is -0.152. The van der Waals surface area contributed by atoms with E-state index in [2.05, 4.69) is 115 Å². The van der Waals surface area contributed by atoms with Crippen LogP contribution < -0.4 is 4.74 Å². The Morgan fingerprint density at radius 2 is 1.33 bits per heavy atom. The second-order valence-electron chi connectivity index (χ2n) is 9.44. The van der Waals surface area contributed by atoms with Gasteiger partial charge in [0, 0.05) is 38.4 Å². The Hall–Kier alpha value is -4.04. The Bertz CT molecular complexity index is 1720. The molecule has 2 nitrogen and oxygen atoms in total. The molecule has 0 fully saturated rings. The van der Waals surface area contributed by atoms with Crippen LogP contribution in [0.2, 0.25) is 0 Å². The average molecular weight is 426 g/mol. The molecule has 0 bridgehead atoms. The van der Waals surface area contributed by atoms with Crippen molar-refractivity contribution in [2.45, 2.75) is 19.3 Å². The third-order valence-corrected chi connectivity index (χ3v) is 7.23. The van der Waals surface area contributed by atoms with Crippen molar-refractivity contribution in [2.75, 3.05) is 0 Å². The predicted molar refractivity (Wildman–Crippen MR) is 137 cm³/mol. The highest BCUT2D eigenvalue weighted by atomic mass is 16.5. The molecule has 0 unspecified atom stereocenters. The molecule has 1 aliphatic rings. The van der Waals surface area contributed by atoms with E-state index >= 15 is 0 Å². The lowest BCUT2D eigenvalue weighted by Gasteiger charge is -2.34. The molecule has 0 radical (unpaired) electrons. The summed E-state index contributed by atoms with van der Waals surface area (Å²) in [5.41, 5.74) is 5.92. The highest BCUT2D eigenvalue weighted by Crippen LogP contribution is 2.48. The number of aromatic nitrogens is 1. The van der Waals surface area contributed by atoms with E-state index in [1.807, 2.05) is 6.07 Å². The van der Waals surface area contributed by atoms with E-state index in [9.17, 15) is 0 Å². The molecule has 0 amide bonds. The molecule has 0 atom stereocenters. The van der Waals surface area contributed by atoms with Crippen molar-refractivity contribution < 1.29 is 4.74 Å². The molecule has 7 rings (SSSR count). The van der Waals surface area contributed by atoms with Gasteiger partial charge in [-0.05, 0) is 35.7 Å². The topological polar surface area (TPSA) is 14.2 Å². The third kappa shape index (κ3) is 2.49. The molecule has 2 heterocycles. The first kappa shape index (κ1) is 18.5. The molecule has 0 aliphatic carbocycles. The summed E-state index contributed by atoms with van der Waals surface area (Å²) in [7, 11) is 0. The van der Waals surface area contributed by atoms with Gasteiger partial charge >= 0.3 is 0 Å². The van der Waals surface area contributed by atoms with Gasteiger partial charge in [0.2, 0.25) is 0 Å². The van der Waals surface area contributed by atoms with Crippen LogP contribution >= 0.6 is 0 Å². The second-order valence-corrected chi connectivity index (χ2v) is 9.44. The van der Waals surface area contributed by atoms with Crippen molar-refractivity contribution in [3.63, 3.8) is 0 Å². The van der Waals surface area contributed by atoms with Gasteiger partial charge in [0.1, 0.15) is 11.5 Å². The van der Waals surface area contributed by atoms with Crippen LogP contribution in [0.15, 0.2) is 103 Å². The van der Waals surface area contributed by atoms with Crippen molar-refractivity contribution in [3.8, 4) is 17.2 Å². The summed E-state index contributed by atoms with van der Waals surface area (Å²) in [6.07, 6.45) is 0. The minimum Gasteiger partial charge on any atom is -0.457 e. The van der Waals surface area contributed by atoms with Gasteiger partial charge < -0.3 is 9.30 Å². The summed E-state index contributed by atoms with van der Waals surface area (Å²) < 4.78 is 8.74. The van der Waals surface area contributed by atoms with Crippen molar-refractivity contribution >= 4 is 32.6 Å². The molecular formula is C31H23NO. The van der Waals surface area contributed by atoms with Crippen LogP contribution in [0.3, 0.4) is 0 Å². The number of nitrogens with zero attached hydrogens (tertiary/aromatic N) is 1. The van der Waals surface area contributed by atoms with Gasteiger partial charge in [0.15, 0.2) is 0 Å². The van der Waals surface area contributed by atoms with Crippen molar-refractivity contribution in [1.82, 2.24) is 4.57 Å². The first-order valence-corrected chi connectivity index (χ1v) is 11.5. The highest BCUT2D eigenvalue weighted by molar-refractivity contribution is 6.18. The fourth-order valence-electron chi connectivity index (χ4n) is 5.57. The van der Waals surface area contributed by atoms with E-state index in [-0.39, 0.29) is 5.41 Å². The Morgan fingerprint density at radius 1 is 0.606 bits per heavy atom. The zero-order chi connectivity index (χ0) is 22.2. The molecule has 5 aromatic carbocycles. The maximum absolute atomic E-state index is 6.32. The molecule has 33 heavy (non-hydrogen) atoms. The first-order valence-electron chi connectivity index (χ1n) is 11.5. The molecule has 0 spiro atoms. The van der Waals surface area contributed by atoms with Gasteiger partial charge in [-0.25, -0.2) is 0 Å². The lowest BCUT2D eigenvalue weighted by molar-refractivity contribution is 0.418. The highest BCUT2D eigenvalue weighted by Gasteiger charge is 2.34. The predicted octanol–water partition coefficient (Wildman–Crippen LogP) is 8.37. The number of ether oxygens (including phenoxy) is 1. The average Bonchev–Trinajstić information content (AvgIpc) is 3.19. The Kier molecular flexibility index (Phi) is 3.64. The summed E-state index contributed by atoms with van der Waals surface area (Å²) >= 11 is 0. The standard InChI is InChI=1S/C31H23NO/c1-31(2)25-12-6-8-14-28(25)33-29-18-16-21(19-26(29)31)32-27-13-7-5-11-23(27)24-17-15-20-9-3-4-10-22(20)30(24)32/h3-19H,1-2H3. The Morgan fingerprint density at radius 3 is 2.24 bits per heavy atom. The van der Waals surface area contributed by atoms with Crippen LogP contribution in [0.1, 0.15) is 25.0 Å². The first-order chi connectivity index (χ1) is 16.1. The molecule has 0 saturated carbocycles. The van der Waals surface area contributed by atoms with Gasteiger partial charge in [-0.15, -0.1) is 0 Å². The summed E-state index contributed by atoms with van der Waals surface area (Å²) in [5.74, 6) is 1.89. The van der Waals surface area contributed by atoms with Crippen LogP contribution in [0.25, 0.3) is 38.3 Å². The number of hydrogen-bond acceptors (Lipinski definition) is 1. The van der Waals surface area contributed by atoms with Gasteiger partial charge in [-0.2, -0.15) is 0 Å². The van der Waals surface area contributed by atoms with Crippen LogP contribution in [-0.4, -0.2) is 4.57 Å². The third-order valence-electron chi connectivity index (χ3n) is 7.23. The zero-order valence-electron chi connectivity index (χ0n) is 18.7. The van der Waals surface area contributed by atoms with Crippen molar-refractivity contribution in [3.05, 3.63) is 114 Å². The Labute approximate surface area is 192 Å². The smallest absolute Gasteiger partial charge is 0.131 e. The minimum absolute atomic E-state index is 0.152. The number of rotatable bonds is 1. The van der Waals surface area contributed by atoms with Gasteiger partial charge in [0.25, 0.3) is 0 Å². The number of benzene rings is 5. The molecule has 6 aromatic rings.